The summed E-state index contributed by atoms with van der Waals surface area (Å²) in [5, 5.41) is 20.6. The van der Waals surface area contributed by atoms with E-state index in [9.17, 15) is 14.7 Å². The minimum Gasteiger partial charge on any atom is -0.478 e. The number of benzene rings is 3. The normalized spacial score (nSPS) is 11.1. The number of aromatic carboxylic acids is 2. The van der Waals surface area contributed by atoms with Crippen LogP contribution in [0.25, 0.3) is 10.9 Å². The van der Waals surface area contributed by atoms with Gasteiger partial charge in [0.25, 0.3) is 0 Å². The average molecular weight is 551 g/mol. The Balaban J connectivity index is 1.77. The summed E-state index contributed by atoms with van der Waals surface area (Å²) in [6.07, 6.45) is 0. The second kappa shape index (κ2) is 9.19. The van der Waals surface area contributed by atoms with Gasteiger partial charge in [-0.3, -0.25) is 0 Å². The maximum atomic E-state index is 11.9. The molecule has 0 saturated carbocycles. The maximum absolute atomic E-state index is 11.9. The number of rotatable bonds is 6. The van der Waals surface area contributed by atoms with Crippen molar-refractivity contribution in [1.82, 2.24) is 4.57 Å². The van der Waals surface area contributed by atoms with Gasteiger partial charge in [0.1, 0.15) is 5.69 Å². The van der Waals surface area contributed by atoms with Crippen molar-refractivity contribution in [3.05, 3.63) is 92.0 Å². The molecule has 0 saturated heterocycles. The summed E-state index contributed by atoms with van der Waals surface area (Å²) < 4.78 is 2.47. The van der Waals surface area contributed by atoms with Crippen LogP contribution in [0.1, 0.15) is 26.4 Å². The van der Waals surface area contributed by atoms with Crippen LogP contribution in [0.4, 0.5) is 0 Å². The van der Waals surface area contributed by atoms with Gasteiger partial charge < -0.3 is 14.8 Å². The van der Waals surface area contributed by atoms with Gasteiger partial charge in [0.2, 0.25) is 0 Å². The van der Waals surface area contributed by atoms with Crippen molar-refractivity contribution in [3.8, 4) is 0 Å². The van der Waals surface area contributed by atoms with Gasteiger partial charge in [0, 0.05) is 26.2 Å². The van der Waals surface area contributed by atoms with Crippen molar-refractivity contribution in [2.45, 2.75) is 16.3 Å². The highest BCUT2D eigenvalue weighted by Gasteiger charge is 2.18. The standard InChI is InChI=1S/C23H14BrCl2NO4S/c24-17-7-15(32-14-5-6-18(25)19(26)8-14)9-20-16(17)10-21(23(30)31)27(20)11-12-1-3-13(4-2-12)22(28)29/h1-10H,11H2,(H,28,29)(H,30,31). The average Bonchev–Trinajstić information content (AvgIpc) is 3.10. The molecule has 0 spiro atoms. The molecule has 4 aromatic rings. The van der Waals surface area contributed by atoms with Gasteiger partial charge in [0.05, 0.1) is 21.1 Å². The Hall–Kier alpha value is -2.45. The van der Waals surface area contributed by atoms with Crippen molar-refractivity contribution < 1.29 is 19.8 Å². The minimum atomic E-state index is -1.05. The monoisotopic (exact) mass is 549 g/mol. The van der Waals surface area contributed by atoms with E-state index in [-0.39, 0.29) is 17.8 Å². The predicted molar refractivity (Wildman–Crippen MR) is 130 cm³/mol. The molecule has 0 amide bonds. The number of nitrogens with zero attached hydrogens (tertiary/aromatic N) is 1. The van der Waals surface area contributed by atoms with Crippen LogP contribution in [-0.4, -0.2) is 26.7 Å². The first kappa shape index (κ1) is 22.7. The lowest BCUT2D eigenvalue weighted by atomic mass is 10.1. The van der Waals surface area contributed by atoms with Crippen LogP contribution < -0.4 is 0 Å². The highest BCUT2D eigenvalue weighted by atomic mass is 79.9. The highest BCUT2D eigenvalue weighted by molar-refractivity contribution is 9.10. The molecule has 0 fully saturated rings. The topological polar surface area (TPSA) is 79.5 Å². The maximum Gasteiger partial charge on any atom is 0.352 e. The van der Waals surface area contributed by atoms with Crippen LogP contribution >= 0.6 is 50.9 Å². The molecule has 162 valence electrons. The molecular weight excluding hydrogens is 537 g/mol. The van der Waals surface area contributed by atoms with E-state index in [0.29, 0.717) is 10.0 Å². The van der Waals surface area contributed by atoms with Crippen molar-refractivity contribution in [3.63, 3.8) is 0 Å². The number of halogens is 3. The molecule has 0 radical (unpaired) electrons. The summed E-state index contributed by atoms with van der Waals surface area (Å²) in [6, 6.07) is 17.2. The molecule has 5 nitrogen and oxygen atoms in total. The van der Waals surface area contributed by atoms with Gasteiger partial charge in [0.15, 0.2) is 0 Å². The fourth-order valence-corrected chi connectivity index (χ4v) is 5.32. The Kier molecular flexibility index (Phi) is 6.53. The number of fused-ring (bicyclic) bond motifs is 1. The Morgan fingerprint density at radius 2 is 1.59 bits per heavy atom. The van der Waals surface area contributed by atoms with Crippen LogP contribution in [0.15, 0.2) is 74.9 Å². The van der Waals surface area contributed by atoms with Crippen molar-refractivity contribution in [2.24, 2.45) is 0 Å². The second-order valence-corrected chi connectivity index (χ2v) is 9.75. The number of carbonyl (C=O) groups is 2. The smallest absolute Gasteiger partial charge is 0.352 e. The fraction of sp³-hybridized carbons (Fsp3) is 0.0435. The van der Waals surface area contributed by atoms with E-state index >= 15 is 0 Å². The summed E-state index contributed by atoms with van der Waals surface area (Å²) in [5.74, 6) is -2.06. The zero-order valence-corrected chi connectivity index (χ0v) is 20.1. The van der Waals surface area contributed by atoms with Crippen LogP contribution in [0.5, 0.6) is 0 Å². The van der Waals surface area contributed by atoms with Crippen LogP contribution in [0, 0.1) is 0 Å². The van der Waals surface area contributed by atoms with E-state index in [0.717, 1.165) is 30.7 Å². The summed E-state index contributed by atoms with van der Waals surface area (Å²) in [5.41, 5.74) is 1.84. The molecular formula is C23H14BrCl2NO4S. The second-order valence-electron chi connectivity index (χ2n) is 6.94. The zero-order chi connectivity index (χ0) is 23.0. The molecule has 0 atom stereocenters. The van der Waals surface area contributed by atoms with Crippen molar-refractivity contribution in [1.29, 1.82) is 0 Å². The molecule has 1 aromatic heterocycles. The van der Waals surface area contributed by atoms with Crippen LogP contribution in [0.2, 0.25) is 10.0 Å². The molecule has 0 aliphatic heterocycles. The summed E-state index contributed by atoms with van der Waals surface area (Å²) in [6.45, 7) is 0.276. The summed E-state index contributed by atoms with van der Waals surface area (Å²) in [7, 11) is 0. The van der Waals surface area contributed by atoms with Crippen LogP contribution in [-0.2, 0) is 6.54 Å². The first-order valence-electron chi connectivity index (χ1n) is 9.24. The van der Waals surface area contributed by atoms with E-state index in [4.69, 9.17) is 28.3 Å². The molecule has 0 aliphatic carbocycles. The molecule has 1 heterocycles. The largest absolute Gasteiger partial charge is 0.478 e. The van der Waals surface area contributed by atoms with E-state index in [1.807, 2.05) is 18.2 Å². The third-order valence-electron chi connectivity index (χ3n) is 4.83. The molecule has 0 unspecified atom stereocenters. The first-order chi connectivity index (χ1) is 15.2. The summed E-state index contributed by atoms with van der Waals surface area (Å²) >= 11 is 17.2. The van der Waals surface area contributed by atoms with E-state index in [2.05, 4.69) is 15.9 Å². The molecule has 0 bridgehead atoms. The number of carboxylic acid groups (broad SMARTS) is 2. The van der Waals surface area contributed by atoms with E-state index < -0.39 is 11.9 Å². The molecule has 2 N–H and O–H groups in total. The zero-order valence-electron chi connectivity index (χ0n) is 16.2. The number of hydrogen-bond donors (Lipinski definition) is 2. The number of carboxylic acids is 2. The SMILES string of the molecule is O=C(O)c1ccc(Cn2c(C(=O)O)cc3c(Br)cc(Sc4ccc(Cl)c(Cl)c4)cc32)cc1. The fourth-order valence-electron chi connectivity index (χ4n) is 3.31. The Morgan fingerprint density at radius 1 is 0.875 bits per heavy atom. The molecule has 3 aromatic carbocycles. The van der Waals surface area contributed by atoms with Gasteiger partial charge in [-0.15, -0.1) is 0 Å². The lowest BCUT2D eigenvalue weighted by molar-refractivity contribution is 0.0680. The summed E-state index contributed by atoms with van der Waals surface area (Å²) in [4.78, 5) is 24.8. The van der Waals surface area contributed by atoms with Gasteiger partial charge in [-0.2, -0.15) is 0 Å². The number of hydrogen-bond acceptors (Lipinski definition) is 3. The van der Waals surface area contributed by atoms with E-state index in [1.165, 1.54) is 23.9 Å². The highest BCUT2D eigenvalue weighted by Crippen LogP contribution is 2.38. The molecule has 32 heavy (non-hydrogen) atoms. The van der Waals surface area contributed by atoms with Gasteiger partial charge in [-0.05, 0) is 54.1 Å². The quantitative estimate of drug-likeness (QED) is 0.263. The lowest BCUT2D eigenvalue weighted by Crippen LogP contribution is -2.09. The van der Waals surface area contributed by atoms with Crippen molar-refractivity contribution in [2.75, 3.05) is 0 Å². The predicted octanol–water partition coefficient (Wildman–Crippen LogP) is 7.31. The van der Waals surface area contributed by atoms with E-state index in [1.54, 1.807) is 34.9 Å². The third-order valence-corrected chi connectivity index (χ3v) is 7.19. The Bertz CT molecular complexity index is 1370. The Labute approximate surface area is 205 Å². The van der Waals surface area contributed by atoms with Gasteiger partial charge in [-0.25, -0.2) is 9.59 Å². The molecule has 9 heteroatoms. The molecule has 0 aliphatic rings. The third kappa shape index (κ3) is 4.66. The van der Waals surface area contributed by atoms with Crippen LogP contribution in [0.3, 0.4) is 0 Å². The first-order valence-corrected chi connectivity index (χ1v) is 11.6. The van der Waals surface area contributed by atoms with Crippen molar-refractivity contribution >= 4 is 73.7 Å². The Morgan fingerprint density at radius 3 is 2.22 bits per heavy atom. The lowest BCUT2D eigenvalue weighted by Gasteiger charge is -2.11. The minimum absolute atomic E-state index is 0.139. The van der Waals surface area contributed by atoms with Gasteiger partial charge >= 0.3 is 11.9 Å². The van der Waals surface area contributed by atoms with Gasteiger partial charge in [-0.1, -0.05) is 63.0 Å². The molecule has 4 rings (SSSR count). The number of aromatic nitrogens is 1.